The third-order valence-electron chi connectivity index (χ3n) is 13.9. The number of fused-ring (bicyclic) bond motifs is 1. The number of benzene rings is 1. The molecule has 2 saturated heterocycles. The second kappa shape index (κ2) is 27.5. The van der Waals surface area contributed by atoms with E-state index in [0.717, 1.165) is 23.3 Å². The van der Waals surface area contributed by atoms with E-state index in [4.69, 9.17) is 29.4 Å². The van der Waals surface area contributed by atoms with E-state index >= 15 is 0 Å². The molecule has 6 amide bonds. The average molecular weight is 1140 g/mol. The van der Waals surface area contributed by atoms with Gasteiger partial charge >= 0.3 is 12.1 Å². The SMILES string of the molecule is COCC(=O)N[C@H](C(=O)N[C@@H](CCCCNC(=O)OC(C)(C)C)C(=O)N1CCC[C@H]1C(=O)N1CCC[C@H]1C(=O)N[C@@H](CCC/C(N)=N/S(O)(O)c1c(C)c(C)c2c(c1C)CCC(C)(C)O2)C(=O)OC(C)(C)C)[C@@H](C)OC(C)(C)C. The van der Waals surface area contributed by atoms with Gasteiger partial charge in [-0.3, -0.25) is 33.1 Å². The Morgan fingerprint density at radius 2 is 1.41 bits per heavy atom. The van der Waals surface area contributed by atoms with Crippen LogP contribution in [0.2, 0.25) is 0 Å². The summed E-state index contributed by atoms with van der Waals surface area (Å²) in [6, 6.07) is -5.57. The first-order chi connectivity index (χ1) is 36.5. The van der Waals surface area contributed by atoms with E-state index < -0.39 is 105 Å². The Bertz CT molecular complexity index is 2390. The van der Waals surface area contributed by atoms with Gasteiger partial charge in [0.05, 0.1) is 16.6 Å². The fourth-order valence-electron chi connectivity index (χ4n) is 10.2. The zero-order valence-electron chi connectivity index (χ0n) is 49.9. The number of ether oxygens (including phenoxy) is 5. The van der Waals surface area contributed by atoms with Crippen LogP contribution in [0.3, 0.4) is 0 Å². The molecule has 3 aliphatic rings. The Balaban J connectivity index is 1.53. The average Bonchev–Trinajstić information content (AvgIpc) is 4.07. The molecule has 1 aromatic carbocycles. The molecule has 0 saturated carbocycles. The van der Waals surface area contributed by atoms with Gasteiger partial charge in [-0.05, 0) is 197 Å². The van der Waals surface area contributed by atoms with Gasteiger partial charge in [0.2, 0.25) is 29.5 Å². The van der Waals surface area contributed by atoms with Crippen molar-refractivity contribution in [1.82, 2.24) is 31.1 Å². The largest absolute Gasteiger partial charge is 0.487 e. The summed E-state index contributed by atoms with van der Waals surface area (Å²) in [5.74, 6) is -2.88. The minimum atomic E-state index is -3.77. The number of methoxy groups -OCH3 is 1. The lowest BCUT2D eigenvalue weighted by atomic mass is 9.88. The fourth-order valence-corrected chi connectivity index (χ4v) is 11.8. The van der Waals surface area contributed by atoms with E-state index in [-0.39, 0.29) is 76.2 Å². The molecule has 23 heteroatoms. The van der Waals surface area contributed by atoms with Crippen molar-refractivity contribution in [1.29, 1.82) is 0 Å². The van der Waals surface area contributed by atoms with Crippen LogP contribution in [-0.4, -0.2) is 158 Å². The van der Waals surface area contributed by atoms with Gasteiger partial charge in [0.25, 0.3) is 0 Å². The number of likely N-dealkylation sites (tertiary alicyclic amines) is 2. The number of amidine groups is 1. The van der Waals surface area contributed by atoms with Crippen molar-refractivity contribution in [2.75, 3.05) is 33.4 Å². The molecule has 0 bridgehead atoms. The Kier molecular flexibility index (Phi) is 23.1. The number of esters is 1. The number of hydrogen-bond donors (Lipinski definition) is 7. The summed E-state index contributed by atoms with van der Waals surface area (Å²) in [6.45, 7) is 27.2. The Labute approximate surface area is 470 Å². The predicted octanol–water partition coefficient (Wildman–Crippen LogP) is 6.59. The summed E-state index contributed by atoms with van der Waals surface area (Å²) in [5.41, 5.74) is 6.71. The van der Waals surface area contributed by atoms with Crippen LogP contribution in [0.25, 0.3) is 0 Å². The molecule has 3 aliphatic heterocycles. The standard InChI is InChI=1S/C56H94N8O14S/c1-33-34(2)46(35(3)37-27-28-56(14,15)76-45(33)37)79(72,73)62-42(57)26-19-23-39(51(70)77-54(8,9)10)60-47(66)40-24-20-30-63(40)50(69)41-25-21-31-64(41)49(68)38(22-17-18-29-58-52(71)78-55(11,12)13)59-48(67)44(61-43(65)32-74-16)36(4)75-53(5,6)7/h36,38-41,44,72-73H,17-32H2,1-16H3,(H2,57,62)(H,58,71)(H,59,67)(H,60,66)(H,61,65)/t36-,38+,39+,40+,41+,44+/m1/s1. The molecule has 0 aromatic heterocycles. The summed E-state index contributed by atoms with van der Waals surface area (Å²) in [7, 11) is -2.43. The predicted molar refractivity (Wildman–Crippen MR) is 302 cm³/mol. The lowest BCUT2D eigenvalue weighted by Crippen LogP contribution is -2.60. The summed E-state index contributed by atoms with van der Waals surface area (Å²) in [4.78, 5) is 100. The first-order valence-corrected chi connectivity index (χ1v) is 29.3. The molecule has 0 unspecified atom stereocenters. The van der Waals surface area contributed by atoms with Gasteiger partial charge in [0.15, 0.2) is 0 Å². The van der Waals surface area contributed by atoms with Crippen LogP contribution >= 0.6 is 10.8 Å². The van der Waals surface area contributed by atoms with Crippen LogP contribution in [0, 0.1) is 20.8 Å². The number of nitrogens with one attached hydrogen (secondary N) is 4. The molecule has 8 N–H and O–H groups in total. The van der Waals surface area contributed by atoms with Crippen LogP contribution in [-0.2, 0) is 54.1 Å². The zero-order chi connectivity index (χ0) is 59.6. The summed E-state index contributed by atoms with van der Waals surface area (Å²) in [6.07, 6.45) is 2.62. The lowest BCUT2D eigenvalue weighted by molar-refractivity contribution is -0.159. The Morgan fingerprint density at radius 3 is 2.01 bits per heavy atom. The van der Waals surface area contributed by atoms with Gasteiger partial charge in [-0.15, -0.1) is 4.40 Å². The fraction of sp³-hybridized carbons (Fsp3) is 0.750. The number of rotatable bonds is 23. The van der Waals surface area contributed by atoms with E-state index in [1.165, 1.54) is 16.9 Å². The van der Waals surface area contributed by atoms with Crippen molar-refractivity contribution in [2.45, 2.75) is 245 Å². The number of amides is 6. The van der Waals surface area contributed by atoms with E-state index in [1.54, 1.807) is 76.2 Å². The van der Waals surface area contributed by atoms with Crippen molar-refractivity contribution in [3.63, 3.8) is 0 Å². The second-order valence-electron chi connectivity index (χ2n) is 24.7. The van der Waals surface area contributed by atoms with E-state index in [0.29, 0.717) is 48.1 Å². The van der Waals surface area contributed by atoms with E-state index in [1.807, 2.05) is 27.7 Å². The molecule has 22 nitrogen and oxygen atoms in total. The van der Waals surface area contributed by atoms with E-state index in [2.05, 4.69) is 25.7 Å². The molecule has 3 heterocycles. The smallest absolute Gasteiger partial charge is 0.407 e. The zero-order valence-corrected chi connectivity index (χ0v) is 50.7. The van der Waals surface area contributed by atoms with Crippen LogP contribution in [0.4, 0.5) is 4.79 Å². The number of nitrogens with two attached hydrogens (primary N) is 1. The Hall–Kier alpha value is -5.23. The number of carbonyl (C=O) groups is 7. The third kappa shape index (κ3) is 19.5. The number of carbonyl (C=O) groups excluding carboxylic acids is 7. The van der Waals surface area contributed by atoms with Gasteiger partial charge in [0, 0.05) is 33.2 Å². The maximum absolute atomic E-state index is 14.8. The van der Waals surface area contributed by atoms with Crippen molar-refractivity contribution >= 4 is 58.2 Å². The van der Waals surface area contributed by atoms with Gasteiger partial charge in [-0.1, -0.05) is 10.8 Å². The van der Waals surface area contributed by atoms with Gasteiger partial charge < -0.3 is 60.5 Å². The van der Waals surface area contributed by atoms with Crippen LogP contribution in [0.15, 0.2) is 9.29 Å². The first-order valence-electron chi connectivity index (χ1n) is 27.8. The molecule has 0 spiro atoms. The molecular weight excluding hydrogens is 1040 g/mol. The highest BCUT2D eigenvalue weighted by molar-refractivity contribution is 8.23. The molecule has 0 radical (unpaired) electrons. The molecule has 448 valence electrons. The number of nitrogens with zero attached hydrogens (tertiary/aromatic N) is 3. The van der Waals surface area contributed by atoms with Crippen LogP contribution in [0.5, 0.6) is 5.75 Å². The molecule has 1 aromatic rings. The number of hydrogen-bond acceptors (Lipinski definition) is 15. The highest BCUT2D eigenvalue weighted by Gasteiger charge is 2.45. The maximum Gasteiger partial charge on any atom is 0.407 e. The molecule has 79 heavy (non-hydrogen) atoms. The monoisotopic (exact) mass is 1130 g/mol. The minimum absolute atomic E-state index is 0.0347. The second-order valence-corrected chi connectivity index (χ2v) is 26.4. The minimum Gasteiger partial charge on any atom is -0.487 e. The van der Waals surface area contributed by atoms with Gasteiger partial charge in [0.1, 0.15) is 65.2 Å². The molecule has 4 rings (SSSR count). The highest BCUT2D eigenvalue weighted by Crippen LogP contribution is 2.56. The molecule has 6 atom stereocenters. The topological polar surface area (TPSA) is 299 Å². The van der Waals surface area contributed by atoms with Crippen LogP contribution in [0.1, 0.15) is 176 Å². The van der Waals surface area contributed by atoms with Crippen molar-refractivity contribution in [3.05, 3.63) is 22.3 Å². The normalized spacial score (nSPS) is 19.5. The Morgan fingerprint density at radius 1 is 0.797 bits per heavy atom. The number of unbranched alkanes of at least 4 members (excludes halogenated alkanes) is 1. The van der Waals surface area contributed by atoms with Crippen molar-refractivity contribution in [3.8, 4) is 5.75 Å². The summed E-state index contributed by atoms with van der Waals surface area (Å²) < 4.78 is 55.9. The molecular formula is C56H94N8O14S. The van der Waals surface area contributed by atoms with Gasteiger partial charge in [-0.2, -0.15) is 0 Å². The van der Waals surface area contributed by atoms with Crippen molar-refractivity contribution < 1.29 is 66.4 Å². The van der Waals surface area contributed by atoms with Gasteiger partial charge in [-0.25, -0.2) is 9.59 Å². The summed E-state index contributed by atoms with van der Waals surface area (Å²) in [5, 5.41) is 11.1. The molecule has 0 aliphatic carbocycles. The third-order valence-corrected chi connectivity index (χ3v) is 15.5. The highest BCUT2D eigenvalue weighted by atomic mass is 32.3. The lowest BCUT2D eigenvalue weighted by Gasteiger charge is -2.38. The number of alkyl carbamates (subject to hydrolysis) is 1. The molecule has 2 fully saturated rings. The van der Waals surface area contributed by atoms with E-state index in [9.17, 15) is 42.7 Å². The quantitative estimate of drug-likeness (QED) is 0.0263. The maximum atomic E-state index is 14.8. The van der Waals surface area contributed by atoms with Crippen LogP contribution < -0.4 is 31.7 Å². The summed E-state index contributed by atoms with van der Waals surface area (Å²) >= 11 is 0. The van der Waals surface area contributed by atoms with Crippen molar-refractivity contribution in [2.24, 2.45) is 10.1 Å². The first kappa shape index (κ1) is 66.3.